The summed E-state index contributed by atoms with van der Waals surface area (Å²) in [6.45, 7) is 0. The van der Waals surface area contributed by atoms with Crippen molar-refractivity contribution in [3.05, 3.63) is 76.9 Å². The molecule has 3 aromatic rings. The van der Waals surface area contributed by atoms with Crippen molar-refractivity contribution in [2.24, 2.45) is 0 Å². The average Bonchev–Trinajstić information content (AvgIpc) is 2.66. The molecule has 0 unspecified atom stereocenters. The number of pyridine rings is 1. The monoisotopic (exact) mass is 368 g/mol. The quantitative estimate of drug-likeness (QED) is 0.701. The topological polar surface area (TPSA) is 68.3 Å². The van der Waals surface area contributed by atoms with Gasteiger partial charge in [0, 0.05) is 23.0 Å². The van der Waals surface area contributed by atoms with Crippen molar-refractivity contribution in [2.45, 2.75) is 12.5 Å². The summed E-state index contributed by atoms with van der Waals surface area (Å²) in [4.78, 5) is 29.0. The van der Waals surface area contributed by atoms with Gasteiger partial charge in [0.25, 0.3) is 5.91 Å². The van der Waals surface area contributed by atoms with Gasteiger partial charge in [-0.05, 0) is 29.8 Å². The third-order valence-corrected chi connectivity index (χ3v) is 4.21. The van der Waals surface area contributed by atoms with Gasteiger partial charge < -0.3 is 10.1 Å². The molecule has 132 valence electrons. The number of fused-ring (bicyclic) bond motifs is 1. The molecule has 26 heavy (non-hydrogen) atoms. The van der Waals surface area contributed by atoms with Gasteiger partial charge in [0.1, 0.15) is 6.04 Å². The number of methoxy groups -OCH3 is 1. The molecule has 5 nitrogen and oxygen atoms in total. The number of esters is 1. The zero-order valence-electron chi connectivity index (χ0n) is 14.1. The van der Waals surface area contributed by atoms with Crippen LogP contribution in [0.5, 0.6) is 0 Å². The zero-order chi connectivity index (χ0) is 18.5. The minimum Gasteiger partial charge on any atom is -0.467 e. The Morgan fingerprint density at radius 1 is 1.15 bits per heavy atom. The molecule has 0 saturated carbocycles. The normalized spacial score (nSPS) is 11.8. The summed E-state index contributed by atoms with van der Waals surface area (Å²) in [6.07, 6.45) is 1.77. The summed E-state index contributed by atoms with van der Waals surface area (Å²) < 4.78 is 4.82. The number of halogens is 1. The number of rotatable bonds is 5. The summed E-state index contributed by atoms with van der Waals surface area (Å²) >= 11 is 5.99. The molecule has 3 rings (SSSR count). The van der Waals surface area contributed by atoms with Gasteiger partial charge in [-0.1, -0.05) is 41.9 Å². The van der Waals surface area contributed by atoms with Crippen LogP contribution in [0.2, 0.25) is 5.02 Å². The maximum Gasteiger partial charge on any atom is 0.328 e. The Morgan fingerprint density at radius 2 is 1.96 bits per heavy atom. The Morgan fingerprint density at radius 3 is 2.73 bits per heavy atom. The lowest BCUT2D eigenvalue weighted by molar-refractivity contribution is -0.142. The minimum atomic E-state index is -0.822. The van der Waals surface area contributed by atoms with E-state index < -0.39 is 12.0 Å². The van der Waals surface area contributed by atoms with Gasteiger partial charge in [-0.25, -0.2) is 4.79 Å². The molecule has 1 N–H and O–H groups in total. The highest BCUT2D eigenvalue weighted by molar-refractivity contribution is 6.30. The Labute approximate surface area is 156 Å². The smallest absolute Gasteiger partial charge is 0.328 e. The number of hydrogen-bond donors (Lipinski definition) is 1. The van der Waals surface area contributed by atoms with E-state index in [1.165, 1.54) is 13.3 Å². The summed E-state index contributed by atoms with van der Waals surface area (Å²) in [7, 11) is 1.29. The molecule has 0 spiro atoms. The van der Waals surface area contributed by atoms with Crippen LogP contribution in [-0.4, -0.2) is 30.0 Å². The molecular weight excluding hydrogens is 352 g/mol. The van der Waals surface area contributed by atoms with Crippen molar-refractivity contribution in [1.29, 1.82) is 0 Å². The van der Waals surface area contributed by atoms with Gasteiger partial charge in [0.15, 0.2) is 0 Å². The molecule has 0 saturated heterocycles. The Hall–Kier alpha value is -2.92. The van der Waals surface area contributed by atoms with Crippen LogP contribution >= 0.6 is 11.6 Å². The van der Waals surface area contributed by atoms with E-state index >= 15 is 0 Å². The van der Waals surface area contributed by atoms with Crippen LogP contribution in [0.4, 0.5) is 0 Å². The number of para-hydroxylation sites is 1. The van der Waals surface area contributed by atoms with Crippen molar-refractivity contribution in [3.8, 4) is 0 Å². The van der Waals surface area contributed by atoms with E-state index in [9.17, 15) is 9.59 Å². The molecule has 1 amide bonds. The standard InChI is InChI=1S/C20H17ClN2O3/c1-26-20(25)18(10-13-5-4-7-16(21)9-13)23-19(24)15-11-14-6-2-3-8-17(14)22-12-15/h2-9,11-12,18H,10H2,1H3,(H,23,24)/t18-/m0/s1. The van der Waals surface area contributed by atoms with Crippen LogP contribution < -0.4 is 5.32 Å². The molecule has 0 aliphatic heterocycles. The van der Waals surface area contributed by atoms with E-state index in [2.05, 4.69) is 10.3 Å². The van der Waals surface area contributed by atoms with Gasteiger partial charge in [-0.2, -0.15) is 0 Å². The maximum absolute atomic E-state index is 12.6. The van der Waals surface area contributed by atoms with Gasteiger partial charge >= 0.3 is 5.97 Å². The van der Waals surface area contributed by atoms with E-state index in [1.807, 2.05) is 30.3 Å². The SMILES string of the molecule is COC(=O)[C@H](Cc1cccc(Cl)c1)NC(=O)c1cnc2ccccc2c1. The predicted octanol–water partition coefficient (Wildman–Crippen LogP) is 3.40. The zero-order valence-corrected chi connectivity index (χ0v) is 14.9. The van der Waals surface area contributed by atoms with Crippen LogP contribution in [0, 0.1) is 0 Å². The lowest BCUT2D eigenvalue weighted by Gasteiger charge is -2.17. The molecule has 6 heteroatoms. The number of amides is 1. The second-order valence-corrected chi connectivity index (χ2v) is 6.24. The highest BCUT2D eigenvalue weighted by Crippen LogP contribution is 2.15. The maximum atomic E-state index is 12.6. The highest BCUT2D eigenvalue weighted by Gasteiger charge is 2.23. The van der Waals surface area contributed by atoms with Crippen LogP contribution in [0.3, 0.4) is 0 Å². The predicted molar refractivity (Wildman–Crippen MR) is 100 cm³/mol. The molecule has 0 aliphatic rings. The number of hydrogen-bond acceptors (Lipinski definition) is 4. The molecule has 1 heterocycles. The third kappa shape index (κ3) is 4.18. The van der Waals surface area contributed by atoms with E-state index in [0.717, 1.165) is 16.5 Å². The molecule has 0 aliphatic carbocycles. The number of carbonyl (C=O) groups excluding carboxylic acids is 2. The van der Waals surface area contributed by atoms with Crippen molar-refractivity contribution in [3.63, 3.8) is 0 Å². The second-order valence-electron chi connectivity index (χ2n) is 5.80. The minimum absolute atomic E-state index is 0.278. The molecule has 0 bridgehead atoms. The fraction of sp³-hybridized carbons (Fsp3) is 0.150. The van der Waals surface area contributed by atoms with Gasteiger partial charge in [-0.15, -0.1) is 0 Å². The number of carbonyl (C=O) groups is 2. The molecule has 1 aromatic heterocycles. The molecule has 0 fully saturated rings. The van der Waals surface area contributed by atoms with Crippen molar-refractivity contribution in [1.82, 2.24) is 10.3 Å². The summed E-state index contributed by atoms with van der Waals surface area (Å²) in [5, 5.41) is 4.14. The van der Waals surface area contributed by atoms with Crippen LogP contribution in [0.25, 0.3) is 10.9 Å². The second kappa shape index (κ2) is 7.97. The van der Waals surface area contributed by atoms with Gasteiger partial charge in [-0.3, -0.25) is 9.78 Å². The number of nitrogens with zero attached hydrogens (tertiary/aromatic N) is 1. The first-order valence-corrected chi connectivity index (χ1v) is 8.42. The van der Waals surface area contributed by atoms with Crippen LogP contribution in [0.15, 0.2) is 60.8 Å². The van der Waals surface area contributed by atoms with Gasteiger partial charge in [0.05, 0.1) is 18.2 Å². The van der Waals surface area contributed by atoms with Crippen molar-refractivity contribution in [2.75, 3.05) is 7.11 Å². The number of aromatic nitrogens is 1. The first-order chi connectivity index (χ1) is 12.6. The summed E-state index contributed by atoms with van der Waals surface area (Å²) in [5.41, 5.74) is 2.00. The largest absolute Gasteiger partial charge is 0.467 e. The van der Waals surface area contributed by atoms with E-state index in [-0.39, 0.29) is 12.3 Å². The molecule has 2 aromatic carbocycles. The third-order valence-electron chi connectivity index (χ3n) is 3.97. The Balaban J connectivity index is 1.80. The Kier molecular flexibility index (Phi) is 5.49. The molecule has 0 radical (unpaired) electrons. The van der Waals surface area contributed by atoms with E-state index in [4.69, 9.17) is 16.3 Å². The lowest BCUT2D eigenvalue weighted by atomic mass is 10.1. The highest BCUT2D eigenvalue weighted by atomic mass is 35.5. The fourth-order valence-electron chi connectivity index (χ4n) is 2.67. The number of ether oxygens (including phenoxy) is 1. The average molecular weight is 369 g/mol. The lowest BCUT2D eigenvalue weighted by Crippen LogP contribution is -2.43. The fourth-order valence-corrected chi connectivity index (χ4v) is 2.88. The van der Waals surface area contributed by atoms with Crippen molar-refractivity contribution >= 4 is 34.4 Å². The molecule has 1 atom stereocenters. The van der Waals surface area contributed by atoms with Crippen LogP contribution in [0.1, 0.15) is 15.9 Å². The molecular formula is C20H17ClN2O3. The number of nitrogens with one attached hydrogen (secondary N) is 1. The van der Waals surface area contributed by atoms with E-state index in [1.54, 1.807) is 24.3 Å². The summed E-state index contributed by atoms with van der Waals surface area (Å²) in [6, 6.07) is 15.6. The summed E-state index contributed by atoms with van der Waals surface area (Å²) in [5.74, 6) is -0.909. The first kappa shape index (κ1) is 17.9. The Bertz CT molecular complexity index is 958. The van der Waals surface area contributed by atoms with E-state index in [0.29, 0.717) is 10.6 Å². The first-order valence-electron chi connectivity index (χ1n) is 8.05. The van der Waals surface area contributed by atoms with Crippen molar-refractivity contribution < 1.29 is 14.3 Å². The van der Waals surface area contributed by atoms with Gasteiger partial charge in [0.2, 0.25) is 0 Å². The number of benzene rings is 2. The van der Waals surface area contributed by atoms with Crippen LogP contribution in [-0.2, 0) is 16.0 Å².